The van der Waals surface area contributed by atoms with Crippen LogP contribution in [-0.4, -0.2) is 23.4 Å². The van der Waals surface area contributed by atoms with Crippen LogP contribution < -0.4 is 5.32 Å². The summed E-state index contributed by atoms with van der Waals surface area (Å²) in [5.74, 6) is 0.736. The van der Waals surface area contributed by atoms with E-state index in [1.54, 1.807) is 0 Å². The molecular weight excluding hydrogens is 320 g/mol. The van der Waals surface area contributed by atoms with Crippen molar-refractivity contribution in [1.29, 1.82) is 0 Å². The molecule has 0 heterocycles. The predicted molar refractivity (Wildman–Crippen MR) is 107 cm³/mol. The number of nitrogens with one attached hydrogen (secondary N) is 1. The summed E-state index contributed by atoms with van der Waals surface area (Å²) in [6.45, 7) is 4.26. The number of rotatable bonds is 7. The first-order chi connectivity index (χ1) is 12.7. The van der Waals surface area contributed by atoms with Crippen LogP contribution in [0.2, 0.25) is 0 Å². The molecule has 1 saturated carbocycles. The molecule has 0 aromatic heterocycles. The molecule has 3 nitrogen and oxygen atoms in total. The second-order valence-electron chi connectivity index (χ2n) is 7.55. The van der Waals surface area contributed by atoms with E-state index in [2.05, 4.69) is 65.7 Å². The van der Waals surface area contributed by atoms with E-state index < -0.39 is 0 Å². The van der Waals surface area contributed by atoms with Crippen LogP contribution in [-0.2, 0) is 17.9 Å². The fourth-order valence-corrected chi connectivity index (χ4v) is 3.84. The molecule has 1 aliphatic rings. The van der Waals surface area contributed by atoms with Crippen molar-refractivity contribution in [1.82, 2.24) is 10.2 Å². The molecule has 2 unspecified atom stereocenters. The summed E-state index contributed by atoms with van der Waals surface area (Å²) < 4.78 is 0. The third kappa shape index (κ3) is 5.70. The molecule has 1 N–H and O–H groups in total. The van der Waals surface area contributed by atoms with E-state index in [4.69, 9.17) is 0 Å². The minimum Gasteiger partial charge on any atom is -0.352 e. The van der Waals surface area contributed by atoms with Crippen LogP contribution in [0.15, 0.2) is 60.7 Å². The molecule has 0 aliphatic heterocycles. The third-order valence-electron chi connectivity index (χ3n) is 5.32. The fraction of sp³-hybridized carbons (Fsp3) is 0.435. The Labute approximate surface area is 157 Å². The molecule has 0 radical (unpaired) electrons. The van der Waals surface area contributed by atoms with Crippen molar-refractivity contribution in [3.05, 3.63) is 71.8 Å². The van der Waals surface area contributed by atoms with E-state index in [9.17, 15) is 4.79 Å². The van der Waals surface area contributed by atoms with Gasteiger partial charge in [0.2, 0.25) is 5.91 Å². The smallest absolute Gasteiger partial charge is 0.234 e. The van der Waals surface area contributed by atoms with Crippen molar-refractivity contribution < 1.29 is 4.79 Å². The van der Waals surface area contributed by atoms with Crippen LogP contribution in [0, 0.1) is 5.92 Å². The highest BCUT2D eigenvalue weighted by atomic mass is 16.2. The van der Waals surface area contributed by atoms with Gasteiger partial charge in [-0.15, -0.1) is 0 Å². The lowest BCUT2D eigenvalue weighted by atomic mass is 9.86. The topological polar surface area (TPSA) is 32.3 Å². The molecule has 1 fully saturated rings. The quantitative estimate of drug-likeness (QED) is 0.803. The number of benzene rings is 2. The number of carbonyl (C=O) groups is 1. The van der Waals surface area contributed by atoms with E-state index in [-0.39, 0.29) is 5.91 Å². The van der Waals surface area contributed by atoms with Gasteiger partial charge in [0.05, 0.1) is 6.54 Å². The molecule has 2 aromatic carbocycles. The molecule has 0 saturated heterocycles. The molecule has 2 atom stereocenters. The van der Waals surface area contributed by atoms with E-state index in [1.807, 2.05) is 12.1 Å². The number of carbonyl (C=O) groups excluding carboxylic acids is 1. The molecule has 1 aliphatic carbocycles. The van der Waals surface area contributed by atoms with Crippen molar-refractivity contribution in [2.24, 2.45) is 5.92 Å². The van der Waals surface area contributed by atoms with Crippen LogP contribution in [0.5, 0.6) is 0 Å². The highest BCUT2D eigenvalue weighted by Crippen LogP contribution is 2.23. The van der Waals surface area contributed by atoms with Crippen molar-refractivity contribution in [3.8, 4) is 0 Å². The number of amides is 1. The SMILES string of the molecule is CC1CCCCC1NC(=O)CN(Cc1ccccc1)Cc1ccccc1. The summed E-state index contributed by atoms with van der Waals surface area (Å²) in [7, 11) is 0. The summed E-state index contributed by atoms with van der Waals surface area (Å²) in [6.07, 6.45) is 4.86. The maximum absolute atomic E-state index is 12.7. The minimum absolute atomic E-state index is 0.149. The summed E-state index contributed by atoms with van der Waals surface area (Å²) in [5.41, 5.74) is 2.48. The third-order valence-corrected chi connectivity index (χ3v) is 5.32. The number of hydrogen-bond donors (Lipinski definition) is 1. The zero-order valence-electron chi connectivity index (χ0n) is 15.7. The van der Waals surface area contributed by atoms with Crippen molar-refractivity contribution >= 4 is 5.91 Å². The normalized spacial score (nSPS) is 20.1. The van der Waals surface area contributed by atoms with Crippen LogP contribution in [0.3, 0.4) is 0 Å². The van der Waals surface area contributed by atoms with E-state index >= 15 is 0 Å². The maximum Gasteiger partial charge on any atom is 0.234 e. The van der Waals surface area contributed by atoms with Gasteiger partial charge < -0.3 is 5.32 Å². The monoisotopic (exact) mass is 350 g/mol. The largest absolute Gasteiger partial charge is 0.352 e. The highest BCUT2D eigenvalue weighted by molar-refractivity contribution is 5.78. The molecule has 3 rings (SSSR count). The summed E-state index contributed by atoms with van der Waals surface area (Å²) in [6, 6.07) is 21.1. The van der Waals surface area contributed by atoms with Gasteiger partial charge in [-0.05, 0) is 29.9 Å². The number of nitrogens with zero attached hydrogens (tertiary/aromatic N) is 1. The average Bonchev–Trinajstić information content (AvgIpc) is 2.65. The standard InChI is InChI=1S/C23H30N2O/c1-19-10-8-9-15-22(19)24-23(26)18-25(16-20-11-4-2-5-12-20)17-21-13-6-3-7-14-21/h2-7,11-14,19,22H,8-10,15-18H2,1H3,(H,24,26). The Kier molecular flexibility index (Phi) is 6.84. The van der Waals surface area contributed by atoms with Crippen LogP contribution in [0.25, 0.3) is 0 Å². The predicted octanol–water partition coefficient (Wildman–Crippen LogP) is 4.38. The van der Waals surface area contributed by atoms with Gasteiger partial charge in [0, 0.05) is 19.1 Å². The van der Waals surface area contributed by atoms with Crippen LogP contribution in [0.1, 0.15) is 43.7 Å². The lowest BCUT2D eigenvalue weighted by Crippen LogP contribution is -2.45. The van der Waals surface area contributed by atoms with Gasteiger partial charge >= 0.3 is 0 Å². The second kappa shape index (κ2) is 9.54. The lowest BCUT2D eigenvalue weighted by molar-refractivity contribution is -0.123. The Hall–Kier alpha value is -2.13. The molecule has 0 bridgehead atoms. The van der Waals surface area contributed by atoms with Gasteiger partial charge in [0.25, 0.3) is 0 Å². The zero-order valence-corrected chi connectivity index (χ0v) is 15.7. The molecule has 138 valence electrons. The first-order valence-electron chi connectivity index (χ1n) is 9.80. The molecule has 0 spiro atoms. The summed E-state index contributed by atoms with van der Waals surface area (Å²) >= 11 is 0. The van der Waals surface area contributed by atoms with E-state index in [0.29, 0.717) is 18.5 Å². The van der Waals surface area contributed by atoms with E-state index in [0.717, 1.165) is 19.5 Å². The maximum atomic E-state index is 12.7. The zero-order chi connectivity index (χ0) is 18.2. The fourth-order valence-electron chi connectivity index (χ4n) is 3.84. The van der Waals surface area contributed by atoms with Gasteiger partial charge in [-0.3, -0.25) is 9.69 Å². The van der Waals surface area contributed by atoms with Crippen molar-refractivity contribution in [2.45, 2.75) is 51.7 Å². The summed E-state index contributed by atoms with van der Waals surface area (Å²) in [5, 5.41) is 3.29. The van der Waals surface area contributed by atoms with Crippen molar-refractivity contribution in [3.63, 3.8) is 0 Å². The van der Waals surface area contributed by atoms with Gasteiger partial charge in [-0.1, -0.05) is 80.4 Å². The lowest BCUT2D eigenvalue weighted by Gasteiger charge is -2.30. The Morgan fingerprint density at radius 2 is 1.46 bits per heavy atom. The van der Waals surface area contributed by atoms with E-state index in [1.165, 1.54) is 30.4 Å². The van der Waals surface area contributed by atoms with Gasteiger partial charge in [-0.2, -0.15) is 0 Å². The molecule has 1 amide bonds. The number of hydrogen-bond acceptors (Lipinski definition) is 2. The van der Waals surface area contributed by atoms with Crippen LogP contribution >= 0.6 is 0 Å². The Bertz CT molecular complexity index is 630. The molecule has 3 heteroatoms. The Morgan fingerprint density at radius 3 is 2.00 bits per heavy atom. The Balaban J connectivity index is 1.63. The molecular formula is C23H30N2O. The minimum atomic E-state index is 0.149. The Morgan fingerprint density at radius 1 is 0.923 bits per heavy atom. The highest BCUT2D eigenvalue weighted by Gasteiger charge is 2.23. The first kappa shape index (κ1) is 18.7. The van der Waals surface area contributed by atoms with Gasteiger partial charge in [0.15, 0.2) is 0 Å². The first-order valence-corrected chi connectivity index (χ1v) is 9.80. The van der Waals surface area contributed by atoms with Gasteiger partial charge in [-0.25, -0.2) is 0 Å². The van der Waals surface area contributed by atoms with Gasteiger partial charge in [0.1, 0.15) is 0 Å². The summed E-state index contributed by atoms with van der Waals surface area (Å²) in [4.78, 5) is 14.9. The molecule has 2 aromatic rings. The molecule has 26 heavy (non-hydrogen) atoms. The van der Waals surface area contributed by atoms with Crippen LogP contribution in [0.4, 0.5) is 0 Å². The second-order valence-corrected chi connectivity index (χ2v) is 7.55. The van der Waals surface area contributed by atoms with Crippen molar-refractivity contribution in [2.75, 3.05) is 6.54 Å². The average molecular weight is 351 g/mol.